The fourth-order valence-corrected chi connectivity index (χ4v) is 3.26. The molecule has 0 saturated heterocycles. The quantitative estimate of drug-likeness (QED) is 0.639. The van der Waals surface area contributed by atoms with Crippen LogP contribution >= 0.6 is 0 Å². The van der Waals surface area contributed by atoms with Crippen molar-refractivity contribution in [1.29, 1.82) is 0 Å². The molecule has 2 heterocycles. The third-order valence-corrected chi connectivity index (χ3v) is 4.86. The predicted octanol–water partition coefficient (Wildman–Crippen LogP) is 2.52. The Morgan fingerprint density at radius 2 is 2.15 bits per heavy atom. The molecule has 1 saturated carbocycles. The molecular weight excluding hydrogens is 344 g/mol. The molecule has 0 aliphatic heterocycles. The van der Waals surface area contributed by atoms with Crippen LogP contribution in [0.5, 0.6) is 0 Å². The molecule has 3 aromatic rings. The van der Waals surface area contributed by atoms with Crippen molar-refractivity contribution >= 4 is 5.91 Å². The van der Waals surface area contributed by atoms with Crippen LogP contribution in [-0.4, -0.2) is 43.5 Å². The van der Waals surface area contributed by atoms with E-state index in [-0.39, 0.29) is 18.4 Å². The van der Waals surface area contributed by atoms with Gasteiger partial charge in [-0.3, -0.25) is 4.79 Å². The van der Waals surface area contributed by atoms with Gasteiger partial charge >= 0.3 is 0 Å². The van der Waals surface area contributed by atoms with Gasteiger partial charge in [-0.25, -0.2) is 9.97 Å². The van der Waals surface area contributed by atoms with Crippen molar-refractivity contribution in [1.82, 2.24) is 19.9 Å². The molecule has 1 aliphatic carbocycles. The lowest BCUT2D eigenvalue weighted by Crippen LogP contribution is -2.43. The largest absolute Gasteiger partial charge is 0.447 e. The minimum absolute atomic E-state index is 0.159. The SMILES string of the molecule is O=C(c1ncoc1C1CC1)N(Cc1ccccc1)[C@H](CO)Cc1cnc[nH]1. The minimum Gasteiger partial charge on any atom is -0.447 e. The number of carbonyl (C=O) groups excluding carboxylic acids is 1. The summed E-state index contributed by atoms with van der Waals surface area (Å²) in [7, 11) is 0. The zero-order chi connectivity index (χ0) is 18.6. The number of oxazole rings is 1. The number of nitrogens with zero attached hydrogens (tertiary/aromatic N) is 3. The summed E-state index contributed by atoms with van der Waals surface area (Å²) in [5.74, 6) is 0.731. The molecule has 1 atom stereocenters. The van der Waals surface area contributed by atoms with Crippen LogP contribution in [0.15, 0.2) is 53.7 Å². The summed E-state index contributed by atoms with van der Waals surface area (Å²) in [6.07, 6.45) is 7.16. The van der Waals surface area contributed by atoms with Crippen LogP contribution in [0.3, 0.4) is 0 Å². The zero-order valence-corrected chi connectivity index (χ0v) is 14.9. The fourth-order valence-electron chi connectivity index (χ4n) is 3.26. The van der Waals surface area contributed by atoms with Crippen LogP contribution in [0, 0.1) is 0 Å². The summed E-state index contributed by atoms with van der Waals surface area (Å²) in [5.41, 5.74) is 2.21. The summed E-state index contributed by atoms with van der Waals surface area (Å²) < 4.78 is 5.49. The molecule has 1 amide bonds. The maximum Gasteiger partial charge on any atom is 0.276 e. The third kappa shape index (κ3) is 3.93. The molecule has 0 radical (unpaired) electrons. The molecule has 1 fully saturated rings. The Bertz CT molecular complexity index is 872. The van der Waals surface area contributed by atoms with Crippen LogP contribution in [0.25, 0.3) is 0 Å². The number of aliphatic hydroxyl groups is 1. The molecule has 4 rings (SSSR count). The third-order valence-electron chi connectivity index (χ3n) is 4.86. The second kappa shape index (κ2) is 7.75. The van der Waals surface area contributed by atoms with Gasteiger partial charge in [0, 0.05) is 30.8 Å². The number of carbonyl (C=O) groups is 1. The number of H-pyrrole nitrogens is 1. The van der Waals surface area contributed by atoms with Gasteiger partial charge in [0.25, 0.3) is 5.91 Å². The highest BCUT2D eigenvalue weighted by atomic mass is 16.3. The van der Waals surface area contributed by atoms with Crippen LogP contribution < -0.4 is 0 Å². The van der Waals surface area contributed by atoms with Gasteiger partial charge in [-0.05, 0) is 18.4 Å². The van der Waals surface area contributed by atoms with Gasteiger partial charge < -0.3 is 19.4 Å². The summed E-state index contributed by atoms with van der Waals surface area (Å²) in [5, 5.41) is 10.0. The number of aromatic nitrogens is 3. The second-order valence-corrected chi connectivity index (χ2v) is 6.88. The molecule has 140 valence electrons. The number of aliphatic hydroxyl groups excluding tert-OH is 1. The molecule has 27 heavy (non-hydrogen) atoms. The molecule has 7 nitrogen and oxygen atoms in total. The Morgan fingerprint density at radius 1 is 1.33 bits per heavy atom. The predicted molar refractivity (Wildman–Crippen MR) is 98.0 cm³/mol. The Balaban J connectivity index is 1.63. The standard InChI is InChI=1S/C20H22N4O3/c25-11-17(8-16-9-21-12-22-16)24(10-14-4-2-1-3-5-14)20(26)18-19(15-6-7-15)27-13-23-18/h1-5,9,12-13,15,17,25H,6-8,10-11H2,(H,21,22)/t17-/m0/s1. The maximum absolute atomic E-state index is 13.4. The van der Waals surface area contributed by atoms with Crippen LogP contribution in [-0.2, 0) is 13.0 Å². The highest BCUT2D eigenvalue weighted by Crippen LogP contribution is 2.41. The van der Waals surface area contributed by atoms with Crippen LogP contribution in [0.2, 0.25) is 0 Å². The molecule has 1 aliphatic rings. The molecule has 0 unspecified atom stereocenters. The molecule has 7 heteroatoms. The first-order chi connectivity index (χ1) is 13.3. The normalized spacial score (nSPS) is 14.9. The Labute approximate surface area is 157 Å². The summed E-state index contributed by atoms with van der Waals surface area (Å²) in [6, 6.07) is 9.35. The van der Waals surface area contributed by atoms with Gasteiger partial charge in [0.2, 0.25) is 0 Å². The van der Waals surface area contributed by atoms with Crippen molar-refractivity contribution in [3.05, 3.63) is 72.0 Å². The summed E-state index contributed by atoms with van der Waals surface area (Å²) in [6.45, 7) is 0.226. The van der Waals surface area contributed by atoms with E-state index in [9.17, 15) is 9.90 Å². The number of nitrogens with one attached hydrogen (secondary N) is 1. The average Bonchev–Trinajstić information content (AvgIpc) is 3.20. The van der Waals surface area contributed by atoms with Gasteiger partial charge in [0.1, 0.15) is 5.76 Å². The van der Waals surface area contributed by atoms with E-state index in [1.54, 1.807) is 17.4 Å². The lowest BCUT2D eigenvalue weighted by molar-refractivity contribution is 0.0561. The van der Waals surface area contributed by atoms with Crippen LogP contribution in [0.4, 0.5) is 0 Å². The first kappa shape index (κ1) is 17.5. The van der Waals surface area contributed by atoms with Gasteiger partial charge in [-0.1, -0.05) is 30.3 Å². The zero-order valence-electron chi connectivity index (χ0n) is 14.9. The van der Waals surface area contributed by atoms with E-state index in [1.165, 1.54) is 6.39 Å². The second-order valence-electron chi connectivity index (χ2n) is 6.88. The van der Waals surface area contributed by atoms with E-state index >= 15 is 0 Å². The monoisotopic (exact) mass is 366 g/mol. The van der Waals surface area contributed by atoms with Crippen molar-refractivity contribution in [3.8, 4) is 0 Å². The molecule has 1 aromatic carbocycles. The number of aromatic amines is 1. The Kier molecular flexibility index (Phi) is 5.02. The van der Waals surface area contributed by atoms with Crippen molar-refractivity contribution < 1.29 is 14.3 Å². The van der Waals surface area contributed by atoms with Crippen LogP contribution in [0.1, 0.15) is 46.3 Å². The van der Waals surface area contributed by atoms with Gasteiger partial charge in [0.05, 0.1) is 19.0 Å². The lowest BCUT2D eigenvalue weighted by atomic mass is 10.1. The van der Waals surface area contributed by atoms with Crippen molar-refractivity contribution in [3.63, 3.8) is 0 Å². The van der Waals surface area contributed by atoms with E-state index in [4.69, 9.17) is 4.42 Å². The van der Waals surface area contributed by atoms with Gasteiger partial charge in [-0.2, -0.15) is 0 Å². The first-order valence-corrected chi connectivity index (χ1v) is 9.12. The van der Waals surface area contributed by atoms with Crippen molar-refractivity contribution in [2.75, 3.05) is 6.61 Å². The van der Waals surface area contributed by atoms with E-state index in [0.717, 1.165) is 24.1 Å². The van der Waals surface area contributed by atoms with Crippen molar-refractivity contribution in [2.24, 2.45) is 0 Å². The molecule has 2 N–H and O–H groups in total. The highest BCUT2D eigenvalue weighted by molar-refractivity contribution is 5.93. The van der Waals surface area contributed by atoms with E-state index < -0.39 is 6.04 Å². The van der Waals surface area contributed by atoms with E-state index in [1.807, 2.05) is 30.3 Å². The number of amides is 1. The molecule has 2 aromatic heterocycles. The highest BCUT2D eigenvalue weighted by Gasteiger charge is 2.35. The van der Waals surface area contributed by atoms with Crippen molar-refractivity contribution in [2.45, 2.75) is 37.8 Å². The first-order valence-electron chi connectivity index (χ1n) is 9.12. The molecule has 0 bridgehead atoms. The lowest BCUT2D eigenvalue weighted by Gasteiger charge is -2.30. The van der Waals surface area contributed by atoms with E-state index in [2.05, 4.69) is 15.0 Å². The number of hydrogen-bond acceptors (Lipinski definition) is 5. The Morgan fingerprint density at radius 3 is 2.81 bits per heavy atom. The molecular formula is C20H22N4O3. The maximum atomic E-state index is 13.4. The summed E-state index contributed by atoms with van der Waals surface area (Å²) >= 11 is 0. The number of rotatable bonds is 8. The topological polar surface area (TPSA) is 95.2 Å². The van der Waals surface area contributed by atoms with Gasteiger partial charge in [-0.15, -0.1) is 0 Å². The Hall–Kier alpha value is -2.93. The summed E-state index contributed by atoms with van der Waals surface area (Å²) in [4.78, 5) is 26.3. The van der Waals surface area contributed by atoms with E-state index in [0.29, 0.717) is 24.4 Å². The minimum atomic E-state index is -0.401. The number of hydrogen-bond donors (Lipinski definition) is 2. The molecule has 0 spiro atoms. The number of imidazole rings is 1. The van der Waals surface area contributed by atoms with Gasteiger partial charge in [0.15, 0.2) is 12.1 Å². The average molecular weight is 366 g/mol. The number of benzene rings is 1. The smallest absolute Gasteiger partial charge is 0.276 e. The fraction of sp³-hybridized carbons (Fsp3) is 0.350.